The SMILES string of the molecule is CC(C)(C)n1cc(NC2CCN(c3c(F)cccc3F)C2=O)cn1. The molecule has 1 aliphatic heterocycles. The molecule has 0 bridgehead atoms. The molecule has 128 valence electrons. The Morgan fingerprint density at radius 3 is 2.50 bits per heavy atom. The third-order valence-corrected chi connectivity index (χ3v) is 4.02. The first kappa shape index (κ1) is 16.4. The largest absolute Gasteiger partial charge is 0.371 e. The fourth-order valence-electron chi connectivity index (χ4n) is 2.75. The number of carbonyl (C=O) groups excluding carboxylic acids is 1. The van der Waals surface area contributed by atoms with Crippen molar-refractivity contribution in [1.29, 1.82) is 0 Å². The lowest BCUT2D eigenvalue weighted by molar-refractivity contribution is -0.117. The van der Waals surface area contributed by atoms with Gasteiger partial charge in [-0.05, 0) is 39.3 Å². The maximum Gasteiger partial charge on any atom is 0.249 e. The van der Waals surface area contributed by atoms with Crippen molar-refractivity contribution in [2.45, 2.75) is 38.8 Å². The first-order chi connectivity index (χ1) is 11.3. The van der Waals surface area contributed by atoms with Gasteiger partial charge < -0.3 is 10.2 Å². The lowest BCUT2D eigenvalue weighted by Crippen LogP contribution is -2.34. The Bertz CT molecular complexity index is 746. The maximum absolute atomic E-state index is 13.9. The zero-order valence-corrected chi connectivity index (χ0v) is 13.9. The average molecular weight is 334 g/mol. The van der Waals surface area contributed by atoms with Crippen molar-refractivity contribution >= 4 is 17.3 Å². The van der Waals surface area contributed by atoms with Crippen LogP contribution in [0, 0.1) is 11.6 Å². The van der Waals surface area contributed by atoms with E-state index in [1.807, 2.05) is 27.0 Å². The highest BCUT2D eigenvalue weighted by molar-refractivity contribution is 6.01. The Balaban J connectivity index is 1.76. The highest BCUT2D eigenvalue weighted by Crippen LogP contribution is 2.29. The van der Waals surface area contributed by atoms with Gasteiger partial charge in [0, 0.05) is 12.7 Å². The lowest BCUT2D eigenvalue weighted by atomic mass is 10.1. The van der Waals surface area contributed by atoms with Gasteiger partial charge in [-0.2, -0.15) is 5.10 Å². The molecule has 24 heavy (non-hydrogen) atoms. The summed E-state index contributed by atoms with van der Waals surface area (Å²) < 4.78 is 29.6. The van der Waals surface area contributed by atoms with E-state index < -0.39 is 17.7 Å². The lowest BCUT2D eigenvalue weighted by Gasteiger charge is -2.19. The number of para-hydroxylation sites is 1. The second-order valence-corrected chi connectivity index (χ2v) is 6.89. The molecular weight excluding hydrogens is 314 g/mol. The maximum atomic E-state index is 13.9. The molecule has 0 radical (unpaired) electrons. The number of nitrogens with one attached hydrogen (secondary N) is 1. The molecule has 7 heteroatoms. The fraction of sp³-hybridized carbons (Fsp3) is 0.412. The van der Waals surface area contributed by atoms with Crippen LogP contribution in [0.1, 0.15) is 27.2 Å². The molecule has 1 amide bonds. The molecule has 3 rings (SSSR count). The third kappa shape index (κ3) is 2.98. The van der Waals surface area contributed by atoms with E-state index in [1.165, 1.54) is 6.07 Å². The van der Waals surface area contributed by atoms with E-state index in [4.69, 9.17) is 0 Å². The molecule has 2 aromatic rings. The van der Waals surface area contributed by atoms with Gasteiger partial charge in [-0.3, -0.25) is 9.48 Å². The van der Waals surface area contributed by atoms with Gasteiger partial charge in [0.15, 0.2) is 0 Å². The summed E-state index contributed by atoms with van der Waals surface area (Å²) in [5, 5.41) is 7.37. The Morgan fingerprint density at radius 1 is 1.25 bits per heavy atom. The zero-order valence-electron chi connectivity index (χ0n) is 13.9. The van der Waals surface area contributed by atoms with Crippen LogP contribution in [0.3, 0.4) is 0 Å². The van der Waals surface area contributed by atoms with Crippen molar-refractivity contribution in [2.75, 3.05) is 16.8 Å². The topological polar surface area (TPSA) is 50.2 Å². The summed E-state index contributed by atoms with van der Waals surface area (Å²) in [5.41, 5.74) is 0.262. The minimum absolute atomic E-state index is 0.165. The second-order valence-electron chi connectivity index (χ2n) is 6.89. The Hall–Kier alpha value is -2.44. The minimum atomic E-state index is -0.732. The Labute approximate surface area is 139 Å². The number of benzene rings is 1. The summed E-state index contributed by atoms with van der Waals surface area (Å²) in [7, 11) is 0. The predicted molar refractivity (Wildman–Crippen MR) is 88.0 cm³/mol. The van der Waals surface area contributed by atoms with Crippen LogP contribution in [0.5, 0.6) is 0 Å². The van der Waals surface area contributed by atoms with Crippen LogP contribution in [0.25, 0.3) is 0 Å². The molecule has 2 heterocycles. The third-order valence-electron chi connectivity index (χ3n) is 4.02. The van der Waals surface area contributed by atoms with E-state index in [0.29, 0.717) is 12.1 Å². The van der Waals surface area contributed by atoms with Gasteiger partial charge in [0.05, 0.1) is 17.4 Å². The van der Waals surface area contributed by atoms with Crippen LogP contribution in [-0.2, 0) is 10.3 Å². The quantitative estimate of drug-likeness (QED) is 0.938. The van der Waals surface area contributed by atoms with Gasteiger partial charge in [-0.15, -0.1) is 0 Å². The number of hydrogen-bond acceptors (Lipinski definition) is 3. The van der Waals surface area contributed by atoms with Crippen molar-refractivity contribution in [3.8, 4) is 0 Å². The monoisotopic (exact) mass is 334 g/mol. The van der Waals surface area contributed by atoms with Gasteiger partial charge in [-0.25, -0.2) is 8.78 Å². The van der Waals surface area contributed by atoms with E-state index >= 15 is 0 Å². The molecule has 0 saturated carbocycles. The molecule has 0 spiro atoms. The van der Waals surface area contributed by atoms with Crippen molar-refractivity contribution in [3.05, 3.63) is 42.2 Å². The first-order valence-corrected chi connectivity index (χ1v) is 7.84. The number of hydrogen-bond donors (Lipinski definition) is 1. The van der Waals surface area contributed by atoms with Crippen molar-refractivity contribution < 1.29 is 13.6 Å². The average Bonchev–Trinajstić information content (AvgIpc) is 3.09. The van der Waals surface area contributed by atoms with E-state index in [2.05, 4.69) is 10.4 Å². The number of carbonyl (C=O) groups is 1. The van der Waals surface area contributed by atoms with Crippen LogP contribution in [0.15, 0.2) is 30.6 Å². The Kier molecular flexibility index (Phi) is 4.03. The number of halogens is 2. The normalized spacial score (nSPS) is 18.3. The van der Waals surface area contributed by atoms with Gasteiger partial charge in [-0.1, -0.05) is 6.07 Å². The number of nitrogens with zero attached hydrogens (tertiary/aromatic N) is 3. The van der Waals surface area contributed by atoms with E-state index in [9.17, 15) is 13.6 Å². The molecule has 1 atom stereocenters. The molecule has 1 N–H and O–H groups in total. The van der Waals surface area contributed by atoms with Crippen LogP contribution < -0.4 is 10.2 Å². The van der Waals surface area contributed by atoms with Gasteiger partial charge in [0.2, 0.25) is 5.91 Å². The fourth-order valence-corrected chi connectivity index (χ4v) is 2.75. The smallest absolute Gasteiger partial charge is 0.249 e. The summed E-state index contributed by atoms with van der Waals surface area (Å²) in [6.45, 7) is 6.33. The summed E-state index contributed by atoms with van der Waals surface area (Å²) in [6.07, 6.45) is 3.93. The summed E-state index contributed by atoms with van der Waals surface area (Å²) in [5.74, 6) is -1.81. The molecule has 1 unspecified atom stereocenters. The highest BCUT2D eigenvalue weighted by atomic mass is 19.1. The summed E-state index contributed by atoms with van der Waals surface area (Å²) in [4.78, 5) is 13.7. The number of aromatic nitrogens is 2. The molecule has 0 aliphatic carbocycles. The van der Waals surface area contributed by atoms with Crippen LogP contribution in [0.4, 0.5) is 20.2 Å². The van der Waals surface area contributed by atoms with Crippen molar-refractivity contribution in [3.63, 3.8) is 0 Å². The van der Waals surface area contributed by atoms with Gasteiger partial charge in [0.25, 0.3) is 0 Å². The zero-order chi connectivity index (χ0) is 17.5. The molecule has 1 saturated heterocycles. The molecule has 1 aromatic heterocycles. The molecular formula is C17H20F2N4O. The van der Waals surface area contributed by atoms with Gasteiger partial charge in [0.1, 0.15) is 23.4 Å². The molecule has 5 nitrogen and oxygen atoms in total. The van der Waals surface area contributed by atoms with Crippen LogP contribution >= 0.6 is 0 Å². The summed E-state index contributed by atoms with van der Waals surface area (Å²) in [6, 6.07) is 3.06. The van der Waals surface area contributed by atoms with E-state index in [-0.39, 0.29) is 23.7 Å². The Morgan fingerprint density at radius 2 is 1.92 bits per heavy atom. The van der Waals surface area contributed by atoms with Crippen molar-refractivity contribution in [1.82, 2.24) is 9.78 Å². The summed E-state index contributed by atoms with van der Waals surface area (Å²) >= 11 is 0. The second kappa shape index (κ2) is 5.89. The molecule has 1 aliphatic rings. The molecule has 1 fully saturated rings. The minimum Gasteiger partial charge on any atom is -0.371 e. The number of rotatable bonds is 3. The molecule has 1 aromatic carbocycles. The number of amides is 1. The van der Waals surface area contributed by atoms with Crippen molar-refractivity contribution in [2.24, 2.45) is 0 Å². The van der Waals surface area contributed by atoms with Crippen LogP contribution in [0.2, 0.25) is 0 Å². The van der Waals surface area contributed by atoms with E-state index in [0.717, 1.165) is 17.0 Å². The van der Waals surface area contributed by atoms with Gasteiger partial charge >= 0.3 is 0 Å². The first-order valence-electron chi connectivity index (χ1n) is 7.84. The van der Waals surface area contributed by atoms with Crippen LogP contribution in [-0.4, -0.2) is 28.3 Å². The van der Waals surface area contributed by atoms with E-state index in [1.54, 1.807) is 10.9 Å². The highest BCUT2D eigenvalue weighted by Gasteiger charge is 2.35. The standard InChI is InChI=1S/C17H20F2N4O/c1-17(2,3)23-10-11(9-20-23)21-14-7-8-22(16(14)24)15-12(18)5-4-6-13(15)19/h4-6,9-10,14,21H,7-8H2,1-3H3. The number of anilines is 2. The predicted octanol–water partition coefficient (Wildman–Crippen LogP) is 3.13.